The van der Waals surface area contributed by atoms with E-state index in [0.717, 1.165) is 12.8 Å². The molecule has 16 bridgehead atoms. The van der Waals surface area contributed by atoms with Crippen LogP contribution in [-0.2, 0) is 75.5 Å². The number of aliphatic hydroxyl groups is 20. The summed E-state index contributed by atoms with van der Waals surface area (Å²) in [7, 11) is -0.367. The van der Waals surface area contributed by atoms with Crippen LogP contribution in [0.3, 0.4) is 0 Å². The van der Waals surface area contributed by atoms with E-state index in [1.54, 1.807) is 0 Å². The van der Waals surface area contributed by atoms with Crippen molar-refractivity contribution in [3.8, 4) is 0 Å². The molecule has 0 aromatic carbocycles. The van der Waals surface area contributed by atoms with E-state index in [0.29, 0.717) is 24.4 Å². The van der Waals surface area contributed by atoms with Gasteiger partial charge in [-0.3, -0.25) is 0 Å². The van der Waals surface area contributed by atoms with Gasteiger partial charge in [0.25, 0.3) is 9.76 Å². The fraction of sp³-hybridized carbons (Fsp3) is 0.961. The standard InChI is InChI=1S/C51H82O36Si/c52-5-17-38-25(59)32(66)46(75-17)83-40-19(7-54)77-48(34(68)27(40)61)85-42-21(9-56)79-50(36(70)29(42)63)87-44-23(12-73-88-13-72-11-16-4-14-1-2-15(16)3-14)80-51(37(71)30(44)64)86-43-22(10-57)78-49(35(69)28(43)62)84-41-20(8-55)76-47(33(67)26(41)60)82-39-18(6-53)74-45(81-38)31(65)24(39)58/h1-2,14-71H,3-13H2/t14-,15+,16-,17-,18-,19-,20-,21-,22-,23-,24-,25-,26-,27-,28-,29-,30-,31-,32-,33-,34-,35-,36-,37-,38-,39-,40-,41-,42-,43-,44-,45-,46-,47-,48-,49-,50-,51-/m1/s1. The number of rotatable bonds is 13. The van der Waals surface area contributed by atoms with Gasteiger partial charge in [-0.2, -0.15) is 0 Å². The zero-order valence-electron chi connectivity index (χ0n) is 46.8. The first-order valence-corrected chi connectivity index (χ1v) is 30.2. The lowest BCUT2D eigenvalue weighted by Gasteiger charge is -2.50. The first-order chi connectivity index (χ1) is 42.1. The molecule has 0 amide bonds. The van der Waals surface area contributed by atoms with Crippen LogP contribution in [0.25, 0.3) is 0 Å². The third-order valence-corrected chi connectivity index (χ3v) is 18.6. The van der Waals surface area contributed by atoms with Gasteiger partial charge in [0.1, 0.15) is 171 Å². The molecule has 0 spiro atoms. The van der Waals surface area contributed by atoms with Gasteiger partial charge in [-0.1, -0.05) is 12.2 Å². The Morgan fingerprint density at radius 1 is 0.295 bits per heavy atom. The van der Waals surface area contributed by atoms with Crippen LogP contribution in [0.1, 0.15) is 12.8 Å². The normalized spacial score (nSPS) is 53.7. The van der Waals surface area contributed by atoms with Gasteiger partial charge in [-0.15, -0.1) is 0 Å². The van der Waals surface area contributed by atoms with Crippen molar-refractivity contribution in [3.63, 3.8) is 0 Å². The summed E-state index contributed by atoms with van der Waals surface area (Å²) in [6, 6.07) is 0. The molecule has 37 heteroatoms. The van der Waals surface area contributed by atoms with Crippen molar-refractivity contribution in [2.24, 2.45) is 17.8 Å². The summed E-state index contributed by atoms with van der Waals surface area (Å²) in [6.07, 6.45) is -63.2. The summed E-state index contributed by atoms with van der Waals surface area (Å²) < 4.78 is 93.3. The summed E-state index contributed by atoms with van der Waals surface area (Å²) in [5.74, 6) is 1.22. The van der Waals surface area contributed by atoms with E-state index in [1.807, 2.05) is 0 Å². The fourth-order valence-corrected chi connectivity index (χ4v) is 13.5. The monoisotopic (exact) mass is 1300 g/mol. The smallest absolute Gasteiger partial charge is 0.258 e. The predicted molar refractivity (Wildman–Crippen MR) is 273 cm³/mol. The number of aliphatic hydroxyl groups excluding tert-OH is 20. The van der Waals surface area contributed by atoms with Gasteiger partial charge in [-0.05, 0) is 30.6 Å². The number of allylic oxidation sites excluding steroid dienone is 2. The molecule has 36 nitrogen and oxygen atoms in total. The van der Waals surface area contributed by atoms with Gasteiger partial charge < -0.3 is 178 Å². The van der Waals surface area contributed by atoms with Crippen LogP contribution in [0.5, 0.6) is 0 Å². The molecule has 0 unspecified atom stereocenters. The molecule has 38 atom stereocenters. The van der Waals surface area contributed by atoms with Crippen molar-refractivity contribution in [2.75, 3.05) is 59.1 Å². The van der Waals surface area contributed by atoms with E-state index in [1.165, 1.54) is 0 Å². The average molecular weight is 1300 g/mol. The van der Waals surface area contributed by atoms with Crippen molar-refractivity contribution in [1.29, 1.82) is 0 Å². The Balaban J connectivity index is 0.914. The van der Waals surface area contributed by atoms with Crippen LogP contribution in [0, 0.1) is 17.8 Å². The lowest BCUT2D eigenvalue weighted by Crippen LogP contribution is -2.68. The first-order valence-electron chi connectivity index (χ1n) is 29.1. The fourth-order valence-electron chi connectivity index (χ4n) is 12.9. The second-order valence-corrected chi connectivity index (χ2v) is 24.3. The Morgan fingerprint density at radius 3 is 0.773 bits per heavy atom. The van der Waals surface area contributed by atoms with Gasteiger partial charge in [-0.25, -0.2) is 0 Å². The molecule has 506 valence electrons. The van der Waals surface area contributed by atoms with Gasteiger partial charge in [0.05, 0.1) is 52.5 Å². The van der Waals surface area contributed by atoms with Crippen LogP contribution >= 0.6 is 0 Å². The van der Waals surface area contributed by atoms with Gasteiger partial charge in [0, 0.05) is 6.61 Å². The van der Waals surface area contributed by atoms with E-state index in [2.05, 4.69) is 12.2 Å². The molecule has 22 fully saturated rings. The van der Waals surface area contributed by atoms with E-state index < -0.39 is 261 Å². The van der Waals surface area contributed by atoms with Crippen LogP contribution in [0.15, 0.2) is 12.2 Å². The van der Waals surface area contributed by atoms with Crippen molar-refractivity contribution >= 4 is 9.76 Å². The maximum absolute atomic E-state index is 11.8. The SMILES string of the molecule is OC[C@H]1O[C@@H]2O[C@H]3[C@H](O)[C@@H](O)[C@@H](O[C@H]4[C@H](O)[C@@H](O)[C@@H](O[C@H]5[C@H](O)[C@@H](O)[C@@H](O[C@H]6[C@H](O)[C@@H](O)[C@@H](O[C@H]7[C@H](O)[C@@H](O)[C@@H](O[C@H]8[C@H](O)[C@@H](O)[C@@H](O[C@H]1[C@H](O)[C@H]2O)O[C@@H]8CO)O[C@@H]7CO)O[C@@H]6CO)O[C@@H]5CO[Si]COC[C@H]1C[C@@H]2C=C[C@H]1C2)O[C@@H]4CO)O[C@@H]3CO. The number of ether oxygens (including phenoxy) is 15. The summed E-state index contributed by atoms with van der Waals surface area (Å²) in [6.45, 7) is -6.27. The molecule has 23 rings (SSSR count). The largest absolute Gasteiger partial charge is 0.412 e. The second kappa shape index (κ2) is 30.1. The highest BCUT2D eigenvalue weighted by atomic mass is 28.2. The molecule has 2 radical (unpaired) electrons. The third kappa shape index (κ3) is 14.1. The predicted octanol–water partition coefficient (Wildman–Crippen LogP) is -13.4. The zero-order valence-corrected chi connectivity index (χ0v) is 47.8. The molecular weight excluding hydrogens is 1220 g/mol. The van der Waals surface area contributed by atoms with Gasteiger partial charge >= 0.3 is 0 Å². The Hall–Kier alpha value is -1.48. The number of fused-ring (bicyclic) bond motifs is 2. The highest BCUT2D eigenvalue weighted by Gasteiger charge is 2.60. The summed E-state index contributed by atoms with van der Waals surface area (Å²) in [4.78, 5) is 0. The van der Waals surface area contributed by atoms with Crippen LogP contribution in [-0.4, -0.2) is 386 Å². The molecule has 88 heavy (non-hydrogen) atoms. The van der Waals surface area contributed by atoms with Crippen molar-refractivity contribution in [1.82, 2.24) is 0 Å². The molecule has 21 saturated heterocycles. The maximum Gasteiger partial charge on any atom is 0.258 e. The van der Waals surface area contributed by atoms with Gasteiger partial charge in [0.2, 0.25) is 0 Å². The highest BCUT2D eigenvalue weighted by molar-refractivity contribution is 6.26. The Kier molecular flexibility index (Phi) is 23.7. The molecule has 23 aliphatic rings. The van der Waals surface area contributed by atoms with Crippen LogP contribution in [0.2, 0.25) is 0 Å². The molecule has 0 aromatic rings. The Bertz CT molecular complexity index is 2190. The average Bonchev–Trinajstić information content (AvgIpc) is 3.48. The number of hydrogen-bond donors (Lipinski definition) is 20. The molecule has 2 aliphatic carbocycles. The molecule has 21 heterocycles. The van der Waals surface area contributed by atoms with E-state index in [-0.39, 0.29) is 16.0 Å². The Labute approximate surface area is 503 Å². The summed E-state index contributed by atoms with van der Waals surface area (Å²) >= 11 is 0. The van der Waals surface area contributed by atoms with Crippen LogP contribution < -0.4 is 0 Å². The van der Waals surface area contributed by atoms with E-state index in [4.69, 9.17) is 75.5 Å². The molecule has 21 aliphatic heterocycles. The minimum Gasteiger partial charge on any atom is -0.412 e. The van der Waals surface area contributed by atoms with Crippen molar-refractivity contribution in [3.05, 3.63) is 12.2 Å². The van der Waals surface area contributed by atoms with Gasteiger partial charge in [0.15, 0.2) is 44.0 Å². The third-order valence-electron chi connectivity index (χ3n) is 17.9. The highest BCUT2D eigenvalue weighted by Crippen LogP contribution is 2.44. The molecular formula is C51H82O36Si. The summed E-state index contributed by atoms with van der Waals surface area (Å²) in [5.41, 5.74) is 0. The lowest BCUT2D eigenvalue weighted by molar-refractivity contribution is -0.396. The quantitative estimate of drug-likeness (QED) is 0.0462. The molecule has 1 saturated carbocycles. The van der Waals surface area contributed by atoms with Crippen molar-refractivity contribution < 1.29 is 178 Å². The van der Waals surface area contributed by atoms with E-state index in [9.17, 15) is 102 Å². The lowest BCUT2D eigenvalue weighted by atomic mass is 9.95. The van der Waals surface area contributed by atoms with Crippen LogP contribution in [0.4, 0.5) is 0 Å². The topological polar surface area (TPSA) is 552 Å². The van der Waals surface area contributed by atoms with E-state index >= 15 is 0 Å². The number of hydrogen-bond acceptors (Lipinski definition) is 36. The zero-order chi connectivity index (χ0) is 63.2. The van der Waals surface area contributed by atoms with Crippen molar-refractivity contribution in [2.45, 2.75) is 228 Å². The second-order valence-electron chi connectivity index (χ2n) is 23.5. The molecule has 20 N–H and O–H groups in total. The minimum absolute atomic E-state index is 0.113. The summed E-state index contributed by atoms with van der Waals surface area (Å²) in [5, 5.41) is 224. The molecule has 0 aromatic heterocycles. The minimum atomic E-state index is -2.21. The maximum atomic E-state index is 11.8. The Morgan fingerprint density at radius 2 is 0.545 bits per heavy atom. The first kappa shape index (κ1) is 69.3.